The van der Waals surface area contributed by atoms with Crippen LogP contribution in [-0.4, -0.2) is 39.3 Å². The minimum absolute atomic E-state index is 0.155. The van der Waals surface area contributed by atoms with Crippen LogP contribution in [-0.2, 0) is 21.2 Å². The highest BCUT2D eigenvalue weighted by Gasteiger charge is 2.18. The van der Waals surface area contributed by atoms with Gasteiger partial charge in [0.15, 0.2) is 6.61 Å². The molecule has 0 radical (unpaired) electrons. The summed E-state index contributed by atoms with van der Waals surface area (Å²) in [6, 6.07) is 12.4. The van der Waals surface area contributed by atoms with Crippen LogP contribution < -0.4 is 10.1 Å². The van der Waals surface area contributed by atoms with E-state index in [1.807, 2.05) is 24.3 Å². The Labute approximate surface area is 167 Å². The third-order valence-corrected chi connectivity index (χ3v) is 6.15. The molecule has 0 heterocycles. The van der Waals surface area contributed by atoms with Crippen molar-refractivity contribution >= 4 is 21.6 Å². The zero-order valence-electron chi connectivity index (χ0n) is 16.9. The van der Waals surface area contributed by atoms with Gasteiger partial charge in [0.05, 0.1) is 4.90 Å². The first kappa shape index (κ1) is 21.9. The second-order valence-corrected chi connectivity index (χ2v) is 9.00. The van der Waals surface area contributed by atoms with E-state index in [0.29, 0.717) is 11.3 Å². The van der Waals surface area contributed by atoms with E-state index >= 15 is 0 Å². The second kappa shape index (κ2) is 9.71. The SMILES string of the molecule is CCCCc1ccc(NC(=O)COc2ccc(S(=O)(=O)N(C)C)cc2C)cc1. The molecule has 0 unspecified atom stereocenters. The van der Waals surface area contributed by atoms with Gasteiger partial charge >= 0.3 is 0 Å². The van der Waals surface area contributed by atoms with Crippen LogP contribution in [0.25, 0.3) is 0 Å². The molecule has 0 aromatic heterocycles. The van der Waals surface area contributed by atoms with Crippen molar-refractivity contribution in [3.63, 3.8) is 0 Å². The maximum atomic E-state index is 12.2. The molecule has 152 valence electrons. The van der Waals surface area contributed by atoms with E-state index in [1.165, 1.54) is 31.8 Å². The van der Waals surface area contributed by atoms with Gasteiger partial charge in [-0.3, -0.25) is 4.79 Å². The van der Waals surface area contributed by atoms with Gasteiger partial charge in [-0.25, -0.2) is 12.7 Å². The third kappa shape index (κ3) is 5.81. The highest BCUT2D eigenvalue weighted by molar-refractivity contribution is 7.89. The van der Waals surface area contributed by atoms with Crippen molar-refractivity contribution in [1.29, 1.82) is 0 Å². The van der Waals surface area contributed by atoms with Crippen LogP contribution in [0.15, 0.2) is 47.4 Å². The Morgan fingerprint density at radius 1 is 1.11 bits per heavy atom. The molecule has 6 nitrogen and oxygen atoms in total. The molecule has 0 atom stereocenters. The highest BCUT2D eigenvalue weighted by Crippen LogP contribution is 2.23. The molecule has 2 rings (SSSR count). The maximum absolute atomic E-state index is 12.2. The van der Waals surface area contributed by atoms with E-state index in [9.17, 15) is 13.2 Å². The summed E-state index contributed by atoms with van der Waals surface area (Å²) in [5, 5.41) is 2.80. The van der Waals surface area contributed by atoms with E-state index in [0.717, 1.165) is 29.3 Å². The van der Waals surface area contributed by atoms with Crippen LogP contribution in [0.4, 0.5) is 5.69 Å². The summed E-state index contributed by atoms with van der Waals surface area (Å²) in [6.07, 6.45) is 3.33. The molecule has 28 heavy (non-hydrogen) atoms. The summed E-state index contributed by atoms with van der Waals surface area (Å²) in [4.78, 5) is 12.3. The topological polar surface area (TPSA) is 75.7 Å². The molecule has 0 aliphatic heterocycles. The van der Waals surface area contributed by atoms with Crippen LogP contribution in [0, 0.1) is 6.92 Å². The Kier molecular flexibility index (Phi) is 7.60. The van der Waals surface area contributed by atoms with Crippen molar-refractivity contribution in [2.75, 3.05) is 26.0 Å². The number of benzene rings is 2. The molecule has 1 amide bonds. The Morgan fingerprint density at radius 2 is 1.79 bits per heavy atom. The van der Waals surface area contributed by atoms with Crippen LogP contribution in [0.5, 0.6) is 5.75 Å². The molecule has 0 saturated carbocycles. The third-order valence-electron chi connectivity index (χ3n) is 4.34. The predicted molar refractivity (Wildman–Crippen MR) is 111 cm³/mol. The number of amides is 1. The van der Waals surface area contributed by atoms with Crippen molar-refractivity contribution in [3.05, 3.63) is 53.6 Å². The number of hydrogen-bond donors (Lipinski definition) is 1. The molecule has 2 aromatic rings. The number of rotatable bonds is 9. The lowest BCUT2D eigenvalue weighted by molar-refractivity contribution is -0.118. The molecule has 0 aliphatic carbocycles. The van der Waals surface area contributed by atoms with Crippen LogP contribution >= 0.6 is 0 Å². The summed E-state index contributed by atoms with van der Waals surface area (Å²) in [5.41, 5.74) is 2.62. The number of ether oxygens (including phenoxy) is 1. The number of anilines is 1. The zero-order chi connectivity index (χ0) is 20.7. The molecule has 0 saturated heterocycles. The van der Waals surface area contributed by atoms with Gasteiger partial charge in [0, 0.05) is 19.8 Å². The molecular formula is C21H28N2O4S. The van der Waals surface area contributed by atoms with Gasteiger partial charge < -0.3 is 10.1 Å². The highest BCUT2D eigenvalue weighted by atomic mass is 32.2. The fourth-order valence-corrected chi connectivity index (χ4v) is 3.62. The fourth-order valence-electron chi connectivity index (χ4n) is 2.63. The van der Waals surface area contributed by atoms with Gasteiger partial charge in [0.25, 0.3) is 5.91 Å². The van der Waals surface area contributed by atoms with Crippen LogP contribution in [0.3, 0.4) is 0 Å². The van der Waals surface area contributed by atoms with Gasteiger partial charge in [0.2, 0.25) is 10.0 Å². The van der Waals surface area contributed by atoms with Crippen molar-refractivity contribution in [1.82, 2.24) is 4.31 Å². The summed E-state index contributed by atoms with van der Waals surface area (Å²) in [7, 11) is -0.535. The van der Waals surface area contributed by atoms with E-state index in [4.69, 9.17) is 4.74 Å². The summed E-state index contributed by atoms with van der Waals surface area (Å²) in [6.45, 7) is 3.75. The minimum atomic E-state index is -3.50. The lowest BCUT2D eigenvalue weighted by Gasteiger charge is -2.14. The molecule has 0 aliphatic rings. The van der Waals surface area contributed by atoms with Crippen molar-refractivity contribution < 1.29 is 17.9 Å². The largest absolute Gasteiger partial charge is 0.483 e. The second-order valence-electron chi connectivity index (χ2n) is 6.85. The summed E-state index contributed by atoms with van der Waals surface area (Å²) in [5.74, 6) is 0.202. The first-order valence-electron chi connectivity index (χ1n) is 9.28. The molecule has 0 spiro atoms. The van der Waals surface area contributed by atoms with Gasteiger partial charge in [-0.15, -0.1) is 0 Å². The van der Waals surface area contributed by atoms with Gasteiger partial charge in [-0.2, -0.15) is 0 Å². The number of aryl methyl sites for hydroxylation is 2. The smallest absolute Gasteiger partial charge is 0.262 e. The molecule has 2 aromatic carbocycles. The Bertz CT molecular complexity index is 907. The average molecular weight is 405 g/mol. The number of nitrogens with one attached hydrogen (secondary N) is 1. The lowest BCUT2D eigenvalue weighted by Crippen LogP contribution is -2.22. The Balaban J connectivity index is 1.94. The predicted octanol–water partition coefficient (Wildman–Crippen LogP) is 3.61. The van der Waals surface area contributed by atoms with Crippen molar-refractivity contribution in [2.24, 2.45) is 0 Å². The van der Waals surface area contributed by atoms with Crippen LogP contribution in [0.2, 0.25) is 0 Å². The normalized spacial score (nSPS) is 11.5. The van der Waals surface area contributed by atoms with Gasteiger partial charge in [-0.05, 0) is 61.2 Å². The quantitative estimate of drug-likeness (QED) is 0.693. The van der Waals surface area contributed by atoms with Crippen molar-refractivity contribution in [2.45, 2.75) is 38.0 Å². The molecule has 0 fully saturated rings. The standard InChI is InChI=1S/C21H28N2O4S/c1-5-6-7-17-8-10-18(11-9-17)22-21(24)15-27-20-13-12-19(14-16(20)2)28(25,26)23(3)4/h8-14H,5-7,15H2,1-4H3,(H,22,24). The first-order chi connectivity index (χ1) is 13.2. The van der Waals surface area contributed by atoms with Gasteiger partial charge in [0.1, 0.15) is 5.75 Å². The summed E-state index contributed by atoms with van der Waals surface area (Å²) < 4.78 is 31.0. The zero-order valence-corrected chi connectivity index (χ0v) is 17.7. The van der Waals surface area contributed by atoms with E-state index in [1.54, 1.807) is 13.0 Å². The minimum Gasteiger partial charge on any atom is -0.483 e. The van der Waals surface area contributed by atoms with E-state index in [-0.39, 0.29) is 17.4 Å². The number of carbonyl (C=O) groups is 1. The molecular weight excluding hydrogens is 376 g/mol. The van der Waals surface area contributed by atoms with E-state index in [2.05, 4.69) is 12.2 Å². The molecule has 1 N–H and O–H groups in total. The fraction of sp³-hybridized carbons (Fsp3) is 0.381. The Morgan fingerprint density at radius 3 is 2.36 bits per heavy atom. The summed E-state index contributed by atoms with van der Waals surface area (Å²) >= 11 is 0. The first-order valence-corrected chi connectivity index (χ1v) is 10.7. The monoisotopic (exact) mass is 404 g/mol. The number of nitrogens with zero attached hydrogens (tertiary/aromatic N) is 1. The molecule has 0 bridgehead atoms. The van der Waals surface area contributed by atoms with Gasteiger partial charge in [-0.1, -0.05) is 25.5 Å². The molecule has 7 heteroatoms. The number of sulfonamides is 1. The lowest BCUT2D eigenvalue weighted by atomic mass is 10.1. The number of carbonyl (C=O) groups excluding carboxylic acids is 1. The van der Waals surface area contributed by atoms with Crippen LogP contribution in [0.1, 0.15) is 30.9 Å². The average Bonchev–Trinajstić information content (AvgIpc) is 2.66. The Hall–Kier alpha value is -2.38. The number of unbranched alkanes of at least 4 members (excludes halogenated alkanes) is 1. The van der Waals surface area contributed by atoms with Crippen molar-refractivity contribution in [3.8, 4) is 5.75 Å². The maximum Gasteiger partial charge on any atom is 0.262 e. The van der Waals surface area contributed by atoms with E-state index < -0.39 is 10.0 Å². The number of hydrogen-bond acceptors (Lipinski definition) is 4.